The van der Waals surface area contributed by atoms with E-state index in [0.717, 1.165) is 62.1 Å². The fourth-order valence-corrected chi connectivity index (χ4v) is 5.84. The van der Waals surface area contributed by atoms with Crippen LogP contribution in [0.2, 0.25) is 0 Å². The van der Waals surface area contributed by atoms with E-state index in [4.69, 9.17) is 9.78 Å². The lowest BCUT2D eigenvalue weighted by Crippen LogP contribution is -2.63. The van der Waals surface area contributed by atoms with Crippen molar-refractivity contribution in [2.24, 2.45) is 0 Å². The Morgan fingerprint density at radius 2 is 1.03 bits per heavy atom. The number of benzene rings is 3. The van der Waals surface area contributed by atoms with Crippen LogP contribution in [0.25, 0.3) is 10.8 Å². The average molecular weight is 515 g/mol. The lowest BCUT2D eigenvalue weighted by Gasteiger charge is -2.51. The molecule has 2 heterocycles. The van der Waals surface area contributed by atoms with Crippen molar-refractivity contribution in [1.29, 1.82) is 0 Å². The van der Waals surface area contributed by atoms with Crippen molar-refractivity contribution in [1.82, 2.24) is 10.6 Å². The Balaban J connectivity index is 1.60. The Labute approximate surface area is 225 Å². The zero-order chi connectivity index (χ0) is 26.6. The van der Waals surface area contributed by atoms with Crippen molar-refractivity contribution in [2.75, 3.05) is 13.1 Å². The van der Waals surface area contributed by atoms with Gasteiger partial charge in [-0.1, -0.05) is 101 Å². The topological polar surface area (TPSA) is 76.7 Å². The highest BCUT2D eigenvalue weighted by Crippen LogP contribution is 2.57. The summed E-state index contributed by atoms with van der Waals surface area (Å²) in [6.45, 7) is 5.44. The lowest BCUT2D eigenvalue weighted by molar-refractivity contribution is -0.407. The Hall–Kier alpha value is -3.22. The van der Waals surface area contributed by atoms with Crippen molar-refractivity contribution >= 4 is 22.6 Å². The first-order chi connectivity index (χ1) is 18.6. The summed E-state index contributed by atoms with van der Waals surface area (Å²) in [5.74, 6) is -0.544. The Kier molecular flexibility index (Phi) is 7.82. The SMILES string of the molecule is CCCCCCNC(=O)C12OOC(C(=O)NCCCCCC)(c3ccccc31)c1cc3ccccc3cc12. The van der Waals surface area contributed by atoms with Crippen molar-refractivity contribution in [3.8, 4) is 0 Å². The first-order valence-corrected chi connectivity index (χ1v) is 14.2. The number of carbonyl (C=O) groups excluding carboxylic acids is 2. The monoisotopic (exact) mass is 514 g/mol. The van der Waals surface area contributed by atoms with Gasteiger partial charge < -0.3 is 10.6 Å². The summed E-state index contributed by atoms with van der Waals surface area (Å²) in [7, 11) is 0. The molecule has 200 valence electrons. The van der Waals surface area contributed by atoms with E-state index in [1.54, 1.807) is 0 Å². The molecule has 1 aliphatic carbocycles. The second-order valence-electron chi connectivity index (χ2n) is 10.5. The number of rotatable bonds is 12. The van der Waals surface area contributed by atoms with Crippen LogP contribution in [0.4, 0.5) is 0 Å². The van der Waals surface area contributed by atoms with Crippen LogP contribution in [0.3, 0.4) is 0 Å². The van der Waals surface area contributed by atoms with Gasteiger partial charge in [0.1, 0.15) is 0 Å². The third-order valence-electron chi connectivity index (χ3n) is 7.89. The van der Waals surface area contributed by atoms with Gasteiger partial charge in [-0.3, -0.25) is 9.59 Å². The third kappa shape index (κ3) is 4.30. The number of hydrogen-bond donors (Lipinski definition) is 2. The predicted octanol–water partition coefficient (Wildman–Crippen LogP) is 6.00. The van der Waals surface area contributed by atoms with Gasteiger partial charge in [0.05, 0.1) is 0 Å². The van der Waals surface area contributed by atoms with E-state index >= 15 is 0 Å². The molecule has 2 amide bonds. The molecule has 2 unspecified atom stereocenters. The summed E-state index contributed by atoms with van der Waals surface area (Å²) in [5, 5.41) is 8.17. The molecule has 3 aromatic rings. The number of amides is 2. The summed E-state index contributed by atoms with van der Waals surface area (Å²) >= 11 is 0. The summed E-state index contributed by atoms with van der Waals surface area (Å²) in [6, 6.07) is 19.5. The quantitative estimate of drug-likeness (QED) is 0.230. The molecule has 3 aromatic carbocycles. The Morgan fingerprint density at radius 1 is 0.605 bits per heavy atom. The van der Waals surface area contributed by atoms with Gasteiger partial charge in [0.25, 0.3) is 11.8 Å². The maximum atomic E-state index is 14.0. The highest BCUT2D eigenvalue weighted by molar-refractivity contribution is 6.01. The van der Waals surface area contributed by atoms with Gasteiger partial charge in [0, 0.05) is 35.3 Å². The number of hydrogen-bond acceptors (Lipinski definition) is 4. The van der Waals surface area contributed by atoms with Crippen LogP contribution in [0.1, 0.15) is 87.5 Å². The molecule has 0 spiro atoms. The average Bonchev–Trinajstić information content (AvgIpc) is 2.96. The van der Waals surface area contributed by atoms with E-state index in [1.165, 1.54) is 0 Å². The minimum absolute atomic E-state index is 0.272. The molecule has 6 heteroatoms. The van der Waals surface area contributed by atoms with Crippen molar-refractivity contribution in [3.63, 3.8) is 0 Å². The molecule has 6 rings (SSSR count). The van der Waals surface area contributed by atoms with Gasteiger partial charge in [0.15, 0.2) is 0 Å². The third-order valence-corrected chi connectivity index (χ3v) is 7.89. The molecule has 0 radical (unpaired) electrons. The zero-order valence-corrected chi connectivity index (χ0v) is 22.5. The van der Waals surface area contributed by atoms with Crippen LogP contribution >= 0.6 is 0 Å². The van der Waals surface area contributed by atoms with E-state index in [-0.39, 0.29) is 11.8 Å². The van der Waals surface area contributed by atoms with Crippen molar-refractivity contribution < 1.29 is 19.4 Å². The summed E-state index contributed by atoms with van der Waals surface area (Å²) in [5.41, 5.74) is -0.363. The largest absolute Gasteiger partial charge is 0.353 e. The minimum atomic E-state index is -1.50. The normalized spacial score (nSPS) is 21.1. The molecule has 0 fully saturated rings. The van der Waals surface area contributed by atoms with Crippen molar-refractivity contribution in [3.05, 3.63) is 82.9 Å². The van der Waals surface area contributed by atoms with E-state index in [9.17, 15) is 9.59 Å². The van der Waals surface area contributed by atoms with E-state index in [1.807, 2.05) is 60.7 Å². The predicted molar refractivity (Wildman–Crippen MR) is 148 cm³/mol. The number of carbonyl (C=O) groups is 2. The smallest absolute Gasteiger partial charge is 0.265 e. The van der Waals surface area contributed by atoms with Gasteiger partial charge in [-0.05, 0) is 35.7 Å². The van der Waals surface area contributed by atoms with Gasteiger partial charge in [0.2, 0.25) is 11.2 Å². The lowest BCUT2D eigenvalue weighted by atomic mass is 9.65. The standard InChI is InChI=1S/C32H38N2O4/c1-3-5-7-13-19-33-29(35)31-25-17-11-12-18-26(25)32(38-37-31,30(36)34-20-14-8-6-4-2)28-22-24-16-10-9-15-23(24)21-27(28)31/h9-12,15-18,21-22H,3-8,13-14,19-20H2,1-2H3,(H,33,35)(H,34,36). The van der Waals surface area contributed by atoms with Crippen LogP contribution in [0, 0.1) is 0 Å². The molecule has 2 bridgehead atoms. The molecule has 6 nitrogen and oxygen atoms in total. The van der Waals surface area contributed by atoms with Gasteiger partial charge in [-0.25, -0.2) is 9.78 Å². The van der Waals surface area contributed by atoms with Crippen molar-refractivity contribution in [2.45, 2.75) is 76.4 Å². The molecule has 0 saturated carbocycles. The number of unbranched alkanes of at least 4 members (excludes halogenated alkanes) is 6. The molecule has 0 saturated heterocycles. The second-order valence-corrected chi connectivity index (χ2v) is 10.5. The summed E-state index contributed by atoms with van der Waals surface area (Å²) in [6.07, 6.45) is 8.43. The van der Waals surface area contributed by atoms with Crippen LogP contribution < -0.4 is 10.6 Å². The molecule has 2 N–H and O–H groups in total. The fraction of sp³-hybridized carbons (Fsp3) is 0.438. The molecule has 2 atom stereocenters. The number of nitrogens with one attached hydrogen (secondary N) is 2. The first kappa shape index (κ1) is 26.4. The molecule has 38 heavy (non-hydrogen) atoms. The van der Waals surface area contributed by atoms with E-state index in [2.05, 4.69) is 24.5 Å². The molecular weight excluding hydrogens is 476 g/mol. The van der Waals surface area contributed by atoms with Gasteiger partial charge in [-0.2, -0.15) is 0 Å². The fourth-order valence-electron chi connectivity index (χ4n) is 5.84. The molecule has 0 aromatic heterocycles. The maximum absolute atomic E-state index is 14.0. The maximum Gasteiger partial charge on any atom is 0.265 e. The number of fused-ring (bicyclic) bond motifs is 2. The summed E-state index contributed by atoms with van der Waals surface area (Å²) < 4.78 is 0. The summed E-state index contributed by atoms with van der Waals surface area (Å²) in [4.78, 5) is 40.2. The zero-order valence-electron chi connectivity index (χ0n) is 22.5. The van der Waals surface area contributed by atoms with Crippen LogP contribution in [-0.2, 0) is 30.6 Å². The molecule has 2 aliphatic heterocycles. The van der Waals surface area contributed by atoms with Crippen LogP contribution in [0.15, 0.2) is 60.7 Å². The molecule has 3 aliphatic rings. The van der Waals surface area contributed by atoms with Crippen LogP contribution in [0.5, 0.6) is 0 Å². The van der Waals surface area contributed by atoms with Crippen LogP contribution in [-0.4, -0.2) is 24.9 Å². The van der Waals surface area contributed by atoms with E-state index < -0.39 is 11.2 Å². The van der Waals surface area contributed by atoms with Gasteiger partial charge >= 0.3 is 0 Å². The highest BCUT2D eigenvalue weighted by Gasteiger charge is 2.65. The van der Waals surface area contributed by atoms with Gasteiger partial charge in [-0.15, -0.1) is 0 Å². The minimum Gasteiger partial charge on any atom is -0.353 e. The Bertz CT molecular complexity index is 1220. The molecular formula is C32H38N2O4. The highest BCUT2D eigenvalue weighted by atomic mass is 17.2. The second kappa shape index (κ2) is 11.3. The Morgan fingerprint density at radius 3 is 1.45 bits per heavy atom. The van der Waals surface area contributed by atoms with E-state index in [0.29, 0.717) is 35.3 Å². The first-order valence-electron chi connectivity index (χ1n) is 14.2.